The summed E-state index contributed by atoms with van der Waals surface area (Å²) in [6.07, 6.45) is 4.72. The third kappa shape index (κ3) is 6.00. The average Bonchev–Trinajstić information content (AvgIpc) is 3.09. The third-order valence-corrected chi connectivity index (χ3v) is 5.35. The van der Waals surface area contributed by atoms with E-state index in [1.165, 1.54) is 31.2 Å². The molecule has 1 N–H and O–H groups in total. The smallest absolute Gasteiger partial charge is 0.406 e. The largest absolute Gasteiger partial charge is 0.573 e. The van der Waals surface area contributed by atoms with Crippen molar-refractivity contribution in [3.8, 4) is 16.9 Å². The zero-order valence-electron chi connectivity index (χ0n) is 17.8. The molecule has 0 bridgehead atoms. The van der Waals surface area contributed by atoms with Gasteiger partial charge in [0.05, 0.1) is 5.56 Å². The van der Waals surface area contributed by atoms with Crippen LogP contribution in [0.2, 0.25) is 0 Å². The monoisotopic (exact) mass is 456 g/mol. The van der Waals surface area contributed by atoms with Crippen LogP contribution in [0, 0.1) is 0 Å². The molecule has 4 rings (SSSR count). The Bertz CT molecular complexity index is 1080. The van der Waals surface area contributed by atoms with Gasteiger partial charge in [-0.2, -0.15) is 0 Å². The summed E-state index contributed by atoms with van der Waals surface area (Å²) in [6.45, 7) is 1.80. The zero-order valence-corrected chi connectivity index (χ0v) is 17.8. The Morgan fingerprint density at radius 1 is 1.00 bits per heavy atom. The van der Waals surface area contributed by atoms with Gasteiger partial charge in [-0.1, -0.05) is 18.9 Å². The van der Waals surface area contributed by atoms with Crippen LogP contribution in [0.1, 0.15) is 36.0 Å². The summed E-state index contributed by atoms with van der Waals surface area (Å²) in [6, 6.07) is 10.5. The van der Waals surface area contributed by atoms with Gasteiger partial charge in [0.25, 0.3) is 5.91 Å². The molecule has 0 aliphatic carbocycles. The first-order chi connectivity index (χ1) is 15.9. The Hall–Kier alpha value is -3.62. The van der Waals surface area contributed by atoms with E-state index in [9.17, 15) is 18.0 Å². The number of anilines is 2. The van der Waals surface area contributed by atoms with Crippen molar-refractivity contribution in [1.29, 1.82) is 0 Å². The highest BCUT2D eigenvalue weighted by Crippen LogP contribution is 2.31. The lowest BCUT2D eigenvalue weighted by Gasteiger charge is -2.24. The second-order valence-electron chi connectivity index (χ2n) is 7.76. The minimum atomic E-state index is -4.77. The summed E-state index contributed by atoms with van der Waals surface area (Å²) in [7, 11) is 0. The predicted molar refractivity (Wildman–Crippen MR) is 119 cm³/mol. The number of alkyl halides is 3. The molecular weight excluding hydrogens is 433 g/mol. The lowest BCUT2D eigenvalue weighted by atomic mass is 10.1. The fraction of sp³-hybridized carbons (Fsp3) is 0.292. The van der Waals surface area contributed by atoms with Crippen molar-refractivity contribution in [1.82, 2.24) is 9.97 Å². The minimum absolute atomic E-state index is 0.336. The summed E-state index contributed by atoms with van der Waals surface area (Å²) < 4.78 is 40.9. The third-order valence-electron chi connectivity index (χ3n) is 5.35. The van der Waals surface area contributed by atoms with Crippen molar-refractivity contribution in [2.24, 2.45) is 0 Å². The fourth-order valence-corrected chi connectivity index (χ4v) is 3.79. The van der Waals surface area contributed by atoms with Crippen molar-refractivity contribution < 1.29 is 22.7 Å². The zero-order chi connectivity index (χ0) is 23.3. The van der Waals surface area contributed by atoms with Gasteiger partial charge in [-0.25, -0.2) is 4.98 Å². The van der Waals surface area contributed by atoms with E-state index in [-0.39, 0.29) is 5.75 Å². The van der Waals surface area contributed by atoms with Crippen molar-refractivity contribution in [3.05, 3.63) is 66.6 Å². The van der Waals surface area contributed by atoms with Gasteiger partial charge in [0.2, 0.25) is 0 Å². The number of nitrogens with zero attached hydrogens (tertiary/aromatic N) is 3. The SMILES string of the molecule is O=C(Nc1ccc(OC(F)(F)F)cc1)c1cnc(N2CCCCCC2)c(-c2cccnc2)c1. The van der Waals surface area contributed by atoms with Gasteiger partial charge in [0, 0.05) is 48.5 Å². The van der Waals surface area contributed by atoms with Crippen LogP contribution in [-0.2, 0) is 0 Å². The van der Waals surface area contributed by atoms with E-state index < -0.39 is 12.3 Å². The molecule has 172 valence electrons. The number of ether oxygens (including phenoxy) is 1. The second kappa shape index (κ2) is 9.89. The second-order valence-corrected chi connectivity index (χ2v) is 7.76. The number of rotatable bonds is 5. The van der Waals surface area contributed by atoms with E-state index in [2.05, 4.69) is 24.9 Å². The molecule has 0 radical (unpaired) electrons. The predicted octanol–water partition coefficient (Wildman–Crippen LogP) is 5.67. The molecule has 1 aliphatic heterocycles. The summed E-state index contributed by atoms with van der Waals surface area (Å²) >= 11 is 0. The number of pyridine rings is 2. The minimum Gasteiger partial charge on any atom is -0.406 e. The molecule has 0 spiro atoms. The van der Waals surface area contributed by atoms with Crippen molar-refractivity contribution in [2.75, 3.05) is 23.3 Å². The molecule has 33 heavy (non-hydrogen) atoms. The molecule has 1 amide bonds. The molecule has 1 aliphatic rings. The van der Waals surface area contributed by atoms with E-state index in [1.54, 1.807) is 18.5 Å². The molecule has 2 aromatic heterocycles. The quantitative estimate of drug-likeness (QED) is 0.536. The van der Waals surface area contributed by atoms with Gasteiger partial charge >= 0.3 is 6.36 Å². The van der Waals surface area contributed by atoms with Gasteiger partial charge in [-0.15, -0.1) is 13.2 Å². The van der Waals surface area contributed by atoms with E-state index in [0.29, 0.717) is 11.3 Å². The van der Waals surface area contributed by atoms with Crippen molar-refractivity contribution >= 4 is 17.4 Å². The Labute approximate surface area is 189 Å². The van der Waals surface area contributed by atoms with Gasteiger partial charge in [0.15, 0.2) is 0 Å². The maximum atomic E-state index is 12.9. The van der Waals surface area contributed by atoms with E-state index in [0.717, 1.165) is 55.0 Å². The van der Waals surface area contributed by atoms with Crippen LogP contribution >= 0.6 is 0 Å². The normalized spacial score (nSPS) is 14.5. The molecule has 9 heteroatoms. The van der Waals surface area contributed by atoms with Crippen LogP contribution in [0.15, 0.2) is 61.1 Å². The van der Waals surface area contributed by atoms with E-state index >= 15 is 0 Å². The lowest BCUT2D eigenvalue weighted by Crippen LogP contribution is -2.26. The fourth-order valence-electron chi connectivity index (χ4n) is 3.79. The number of carbonyl (C=O) groups is 1. The molecule has 6 nitrogen and oxygen atoms in total. The molecule has 3 heterocycles. The van der Waals surface area contributed by atoms with Crippen molar-refractivity contribution in [3.63, 3.8) is 0 Å². The first-order valence-electron chi connectivity index (χ1n) is 10.7. The molecule has 1 saturated heterocycles. The first-order valence-corrected chi connectivity index (χ1v) is 10.7. The van der Waals surface area contributed by atoms with Gasteiger partial charge in [-0.3, -0.25) is 9.78 Å². The van der Waals surface area contributed by atoms with Crippen molar-refractivity contribution in [2.45, 2.75) is 32.0 Å². The van der Waals surface area contributed by atoms with Crippen LogP contribution in [0.4, 0.5) is 24.7 Å². The number of benzene rings is 1. The average molecular weight is 456 g/mol. The molecule has 0 unspecified atom stereocenters. The Kier molecular flexibility index (Phi) is 6.76. The maximum Gasteiger partial charge on any atom is 0.573 e. The highest BCUT2D eigenvalue weighted by atomic mass is 19.4. The van der Waals surface area contributed by atoms with Gasteiger partial charge < -0.3 is 15.0 Å². The molecule has 1 fully saturated rings. The number of halogens is 3. The molecule has 1 aromatic carbocycles. The first kappa shape index (κ1) is 22.6. The molecule has 0 saturated carbocycles. The Morgan fingerprint density at radius 3 is 2.36 bits per heavy atom. The molecule has 0 atom stereocenters. The topological polar surface area (TPSA) is 67.3 Å². The summed E-state index contributed by atoms with van der Waals surface area (Å²) in [5, 5.41) is 2.69. The molecular formula is C24H23F3N4O2. The van der Waals surface area contributed by atoms with E-state index in [1.807, 2.05) is 12.1 Å². The number of carbonyl (C=O) groups excluding carboxylic acids is 1. The van der Waals surface area contributed by atoms with Crippen LogP contribution in [0.25, 0.3) is 11.1 Å². The Balaban J connectivity index is 1.58. The van der Waals surface area contributed by atoms with Crippen LogP contribution < -0.4 is 15.0 Å². The summed E-state index contributed by atoms with van der Waals surface area (Å²) in [5.41, 5.74) is 2.34. The number of hydrogen-bond acceptors (Lipinski definition) is 5. The lowest BCUT2D eigenvalue weighted by molar-refractivity contribution is -0.274. The van der Waals surface area contributed by atoms with Crippen LogP contribution in [0.3, 0.4) is 0 Å². The van der Waals surface area contributed by atoms with Gasteiger partial charge in [0.1, 0.15) is 11.6 Å². The number of nitrogens with one attached hydrogen (secondary N) is 1. The number of hydrogen-bond donors (Lipinski definition) is 1. The Morgan fingerprint density at radius 2 is 1.73 bits per heavy atom. The number of amides is 1. The molecule has 3 aromatic rings. The summed E-state index contributed by atoms with van der Waals surface area (Å²) in [4.78, 5) is 23.9. The van der Waals surface area contributed by atoms with Crippen LogP contribution in [-0.4, -0.2) is 35.3 Å². The van der Waals surface area contributed by atoms with E-state index in [4.69, 9.17) is 0 Å². The maximum absolute atomic E-state index is 12.9. The highest BCUT2D eigenvalue weighted by molar-refractivity contribution is 6.05. The van der Waals surface area contributed by atoms with Gasteiger partial charge in [-0.05, 0) is 49.2 Å². The summed E-state index contributed by atoms with van der Waals surface area (Å²) in [5.74, 6) is 0.0393. The highest BCUT2D eigenvalue weighted by Gasteiger charge is 2.31. The number of aromatic nitrogens is 2. The standard InChI is InChI=1S/C24H23F3N4O2/c25-24(26,27)33-20-9-7-19(8-10-20)30-23(32)18-14-21(17-6-5-11-28-15-17)22(29-16-18)31-12-3-1-2-4-13-31/h5-11,14-16H,1-4,12-13H2,(H,30,32). The van der Waals surface area contributed by atoms with Crippen LogP contribution in [0.5, 0.6) is 5.75 Å².